The lowest BCUT2D eigenvalue weighted by atomic mass is 9.74. The molecular weight excluding hydrogens is 196 g/mol. The summed E-state index contributed by atoms with van der Waals surface area (Å²) in [5.74, 6) is 1.55. The van der Waals surface area contributed by atoms with Crippen LogP contribution in [0.1, 0.15) is 52.9 Å². The molecule has 1 aliphatic carbocycles. The first-order valence-electron chi connectivity index (χ1n) is 7.09. The molecule has 2 N–H and O–H groups in total. The molecule has 0 aromatic carbocycles. The van der Waals surface area contributed by atoms with Gasteiger partial charge >= 0.3 is 0 Å². The molecule has 2 nitrogen and oxygen atoms in total. The highest BCUT2D eigenvalue weighted by Crippen LogP contribution is 2.36. The largest absolute Gasteiger partial charge is 0.323 e. The van der Waals surface area contributed by atoms with Gasteiger partial charge in [0.15, 0.2) is 0 Å². The van der Waals surface area contributed by atoms with E-state index in [0.29, 0.717) is 5.92 Å². The Hall–Kier alpha value is -0.0800. The summed E-state index contributed by atoms with van der Waals surface area (Å²) in [6.07, 6.45) is 7.07. The van der Waals surface area contributed by atoms with Crippen molar-refractivity contribution < 1.29 is 0 Å². The van der Waals surface area contributed by atoms with Crippen molar-refractivity contribution in [2.45, 2.75) is 64.5 Å². The second-order valence-electron chi connectivity index (χ2n) is 6.31. The predicted octanol–water partition coefficient (Wildman–Crippen LogP) is 2.62. The molecule has 0 bridgehead atoms. The SMILES string of the molecule is CCC1CCCCC1N1CC(N)(C(C)C)C1. The van der Waals surface area contributed by atoms with Gasteiger partial charge in [-0.15, -0.1) is 0 Å². The molecule has 0 amide bonds. The molecular formula is C14H28N2. The summed E-state index contributed by atoms with van der Waals surface area (Å²) in [5, 5.41) is 0. The van der Waals surface area contributed by atoms with Gasteiger partial charge in [0.1, 0.15) is 0 Å². The van der Waals surface area contributed by atoms with Crippen LogP contribution in [0.4, 0.5) is 0 Å². The maximum Gasteiger partial charge on any atom is 0.0435 e. The van der Waals surface area contributed by atoms with Gasteiger partial charge in [-0.25, -0.2) is 0 Å². The van der Waals surface area contributed by atoms with E-state index >= 15 is 0 Å². The second kappa shape index (κ2) is 4.66. The van der Waals surface area contributed by atoms with Crippen LogP contribution in [0.15, 0.2) is 0 Å². The lowest BCUT2D eigenvalue weighted by Gasteiger charge is -2.56. The number of nitrogens with zero attached hydrogens (tertiary/aromatic N) is 1. The van der Waals surface area contributed by atoms with Crippen molar-refractivity contribution in [3.63, 3.8) is 0 Å². The van der Waals surface area contributed by atoms with Gasteiger partial charge in [-0.3, -0.25) is 4.90 Å². The highest BCUT2D eigenvalue weighted by Gasteiger charge is 2.46. The molecule has 0 radical (unpaired) electrons. The van der Waals surface area contributed by atoms with Crippen molar-refractivity contribution in [2.75, 3.05) is 13.1 Å². The first-order valence-corrected chi connectivity index (χ1v) is 7.09. The topological polar surface area (TPSA) is 29.3 Å². The lowest BCUT2D eigenvalue weighted by molar-refractivity contribution is -0.0305. The Bertz CT molecular complexity index is 231. The Balaban J connectivity index is 1.90. The van der Waals surface area contributed by atoms with Gasteiger partial charge in [-0.1, -0.05) is 40.0 Å². The summed E-state index contributed by atoms with van der Waals surface area (Å²) in [7, 11) is 0. The summed E-state index contributed by atoms with van der Waals surface area (Å²) in [6.45, 7) is 9.13. The smallest absolute Gasteiger partial charge is 0.0435 e. The zero-order chi connectivity index (χ0) is 11.8. The van der Waals surface area contributed by atoms with E-state index in [1.165, 1.54) is 32.1 Å². The molecule has 2 fully saturated rings. The van der Waals surface area contributed by atoms with Gasteiger partial charge in [0.25, 0.3) is 0 Å². The molecule has 1 aliphatic heterocycles. The zero-order valence-corrected chi connectivity index (χ0v) is 11.2. The van der Waals surface area contributed by atoms with Crippen LogP contribution in [0.2, 0.25) is 0 Å². The number of rotatable bonds is 3. The second-order valence-corrected chi connectivity index (χ2v) is 6.31. The third-order valence-electron chi connectivity index (χ3n) is 5.01. The molecule has 1 saturated heterocycles. The fraction of sp³-hybridized carbons (Fsp3) is 1.00. The van der Waals surface area contributed by atoms with Crippen LogP contribution < -0.4 is 5.73 Å². The van der Waals surface area contributed by atoms with Crippen molar-refractivity contribution >= 4 is 0 Å². The molecule has 0 spiro atoms. The molecule has 0 aromatic rings. The molecule has 2 unspecified atom stereocenters. The molecule has 0 aromatic heterocycles. The quantitative estimate of drug-likeness (QED) is 0.798. The van der Waals surface area contributed by atoms with E-state index in [1.807, 2.05) is 0 Å². The lowest BCUT2D eigenvalue weighted by Crippen LogP contribution is -2.72. The van der Waals surface area contributed by atoms with Crippen LogP contribution in [-0.4, -0.2) is 29.6 Å². The predicted molar refractivity (Wildman–Crippen MR) is 69.4 cm³/mol. The molecule has 2 rings (SSSR count). The Labute approximate surface area is 101 Å². The molecule has 1 heterocycles. The van der Waals surface area contributed by atoms with Gasteiger partial charge in [-0.2, -0.15) is 0 Å². The average Bonchev–Trinajstić information content (AvgIpc) is 2.24. The number of hydrogen-bond donors (Lipinski definition) is 1. The third kappa shape index (κ3) is 2.14. The number of nitrogens with two attached hydrogens (primary N) is 1. The van der Waals surface area contributed by atoms with Crippen molar-refractivity contribution in [3.8, 4) is 0 Å². The van der Waals surface area contributed by atoms with Gasteiger partial charge in [0, 0.05) is 24.7 Å². The van der Waals surface area contributed by atoms with E-state index in [9.17, 15) is 0 Å². The Morgan fingerprint density at radius 2 is 1.88 bits per heavy atom. The first kappa shape index (κ1) is 12.4. The Morgan fingerprint density at radius 1 is 1.25 bits per heavy atom. The van der Waals surface area contributed by atoms with Gasteiger partial charge < -0.3 is 5.73 Å². The average molecular weight is 224 g/mol. The molecule has 2 heteroatoms. The van der Waals surface area contributed by atoms with E-state index in [1.54, 1.807) is 0 Å². The Morgan fingerprint density at radius 3 is 2.44 bits per heavy atom. The third-order valence-corrected chi connectivity index (χ3v) is 5.01. The van der Waals surface area contributed by atoms with E-state index in [2.05, 4.69) is 25.7 Å². The van der Waals surface area contributed by atoms with Crippen molar-refractivity contribution in [2.24, 2.45) is 17.6 Å². The van der Waals surface area contributed by atoms with Crippen LogP contribution in [0.5, 0.6) is 0 Å². The molecule has 2 atom stereocenters. The van der Waals surface area contributed by atoms with E-state index in [4.69, 9.17) is 5.73 Å². The molecule has 16 heavy (non-hydrogen) atoms. The van der Waals surface area contributed by atoms with Crippen molar-refractivity contribution in [1.82, 2.24) is 4.90 Å². The van der Waals surface area contributed by atoms with Gasteiger partial charge in [0.2, 0.25) is 0 Å². The van der Waals surface area contributed by atoms with Crippen LogP contribution in [0, 0.1) is 11.8 Å². The highest BCUT2D eigenvalue weighted by molar-refractivity contribution is 5.05. The number of hydrogen-bond acceptors (Lipinski definition) is 2. The summed E-state index contributed by atoms with van der Waals surface area (Å²) >= 11 is 0. The zero-order valence-electron chi connectivity index (χ0n) is 11.2. The van der Waals surface area contributed by atoms with Crippen LogP contribution >= 0.6 is 0 Å². The Kier molecular flexibility index (Phi) is 3.60. The van der Waals surface area contributed by atoms with Gasteiger partial charge in [-0.05, 0) is 24.7 Å². The van der Waals surface area contributed by atoms with Crippen molar-refractivity contribution in [3.05, 3.63) is 0 Å². The van der Waals surface area contributed by atoms with E-state index in [0.717, 1.165) is 25.0 Å². The minimum Gasteiger partial charge on any atom is -0.323 e. The normalized spacial score (nSPS) is 35.1. The summed E-state index contributed by atoms with van der Waals surface area (Å²) < 4.78 is 0. The van der Waals surface area contributed by atoms with E-state index in [-0.39, 0.29) is 5.54 Å². The molecule has 94 valence electrons. The summed E-state index contributed by atoms with van der Waals surface area (Å²) in [5.41, 5.74) is 6.49. The molecule has 1 saturated carbocycles. The molecule has 2 aliphatic rings. The van der Waals surface area contributed by atoms with E-state index < -0.39 is 0 Å². The van der Waals surface area contributed by atoms with Crippen LogP contribution in [-0.2, 0) is 0 Å². The minimum absolute atomic E-state index is 0.107. The fourth-order valence-electron chi connectivity index (χ4n) is 3.45. The monoisotopic (exact) mass is 224 g/mol. The maximum atomic E-state index is 6.39. The van der Waals surface area contributed by atoms with Gasteiger partial charge in [0.05, 0.1) is 0 Å². The fourth-order valence-corrected chi connectivity index (χ4v) is 3.45. The standard InChI is InChI=1S/C14H28N2/c1-4-12-7-5-6-8-13(12)16-9-14(15,10-16)11(2)3/h11-13H,4-10,15H2,1-3H3. The van der Waals surface area contributed by atoms with Crippen LogP contribution in [0.25, 0.3) is 0 Å². The summed E-state index contributed by atoms with van der Waals surface area (Å²) in [4.78, 5) is 2.66. The van der Waals surface area contributed by atoms with Crippen molar-refractivity contribution in [1.29, 1.82) is 0 Å². The maximum absolute atomic E-state index is 6.39. The first-order chi connectivity index (χ1) is 7.57. The highest BCUT2D eigenvalue weighted by atomic mass is 15.3. The van der Waals surface area contributed by atoms with Crippen LogP contribution in [0.3, 0.4) is 0 Å². The minimum atomic E-state index is 0.107. The summed E-state index contributed by atoms with van der Waals surface area (Å²) in [6, 6.07) is 0.842. The number of likely N-dealkylation sites (tertiary alicyclic amines) is 1.